The number of rotatable bonds is 4. The number of esters is 1. The van der Waals surface area contributed by atoms with E-state index in [0.29, 0.717) is 16.3 Å². The summed E-state index contributed by atoms with van der Waals surface area (Å²) in [5.41, 5.74) is 3.07. The van der Waals surface area contributed by atoms with Crippen LogP contribution in [0.5, 0.6) is 11.5 Å². The minimum absolute atomic E-state index is 0.0205. The monoisotopic (exact) mass is 426 g/mol. The van der Waals surface area contributed by atoms with Gasteiger partial charge in [0, 0.05) is 0 Å². The van der Waals surface area contributed by atoms with Gasteiger partial charge in [0.1, 0.15) is 13.2 Å². The average Bonchev–Trinajstić information content (AvgIpc) is 3.04. The topological polar surface area (TPSA) is 79.1 Å². The first-order valence-electron chi connectivity index (χ1n) is 9.69. The smallest absolute Gasteiger partial charge is 0.326 e. The van der Waals surface area contributed by atoms with Gasteiger partial charge in [-0.05, 0) is 56.2 Å². The molecule has 30 heavy (non-hydrogen) atoms. The number of thiazole rings is 1. The molecule has 0 radical (unpaired) electrons. The zero-order chi connectivity index (χ0) is 21.3. The first-order valence-corrected chi connectivity index (χ1v) is 10.5. The van der Waals surface area contributed by atoms with Crippen molar-refractivity contribution in [1.29, 1.82) is 0 Å². The molecule has 1 aliphatic rings. The number of benzene rings is 2. The minimum Gasteiger partial charge on any atom is -0.485 e. The van der Waals surface area contributed by atoms with Crippen molar-refractivity contribution in [2.45, 2.75) is 33.4 Å². The van der Waals surface area contributed by atoms with Crippen molar-refractivity contribution in [2.75, 3.05) is 13.2 Å². The summed E-state index contributed by atoms with van der Waals surface area (Å²) in [6.45, 7) is 6.14. The number of carbonyl (C=O) groups is 2. The Morgan fingerprint density at radius 1 is 1.20 bits per heavy atom. The SMILES string of the molecule is CCOC(=O)Cn1c(=NC(=O)C2COc3ccccc3O2)sc2cc(C)c(C)cc21. The second kappa shape index (κ2) is 8.31. The second-order valence-electron chi connectivity index (χ2n) is 6.99. The fraction of sp³-hybridized carbons (Fsp3) is 0.318. The number of hydrogen-bond acceptors (Lipinski definition) is 6. The molecular formula is C22H22N2O5S. The number of nitrogens with zero attached hydrogens (tertiary/aromatic N) is 2. The first-order chi connectivity index (χ1) is 14.5. The summed E-state index contributed by atoms with van der Waals surface area (Å²) >= 11 is 1.36. The van der Waals surface area contributed by atoms with Gasteiger partial charge in [-0.15, -0.1) is 0 Å². The Balaban J connectivity index is 1.72. The zero-order valence-corrected chi connectivity index (χ0v) is 17.8. The van der Waals surface area contributed by atoms with Crippen LogP contribution >= 0.6 is 11.3 Å². The Kier molecular flexibility index (Phi) is 5.59. The highest BCUT2D eigenvalue weighted by Crippen LogP contribution is 2.31. The van der Waals surface area contributed by atoms with Gasteiger partial charge >= 0.3 is 5.97 Å². The van der Waals surface area contributed by atoms with Gasteiger partial charge in [0.2, 0.25) is 6.10 Å². The lowest BCUT2D eigenvalue weighted by Gasteiger charge is -2.23. The van der Waals surface area contributed by atoms with Crippen LogP contribution in [0.3, 0.4) is 0 Å². The molecule has 1 unspecified atom stereocenters. The normalized spacial score (nSPS) is 16.0. The van der Waals surface area contributed by atoms with Crippen molar-refractivity contribution in [3.8, 4) is 11.5 Å². The van der Waals surface area contributed by atoms with E-state index in [9.17, 15) is 9.59 Å². The van der Waals surface area contributed by atoms with Gasteiger partial charge in [0.05, 0.1) is 16.8 Å². The zero-order valence-electron chi connectivity index (χ0n) is 17.0. The van der Waals surface area contributed by atoms with Gasteiger partial charge in [-0.1, -0.05) is 23.5 Å². The number of aromatic nitrogens is 1. The van der Waals surface area contributed by atoms with Gasteiger partial charge in [-0.3, -0.25) is 9.59 Å². The molecule has 1 amide bonds. The van der Waals surface area contributed by atoms with E-state index in [-0.39, 0.29) is 25.7 Å². The molecule has 1 aromatic heterocycles. The molecule has 0 spiro atoms. The standard InChI is InChI=1S/C22H22N2O5S/c1-4-27-20(25)11-24-15-9-13(2)14(3)10-19(15)30-22(24)23-21(26)18-12-28-16-7-5-6-8-17(16)29-18/h5-10,18H,4,11-12H2,1-3H3. The Morgan fingerprint density at radius 3 is 2.70 bits per heavy atom. The molecule has 7 nitrogen and oxygen atoms in total. The van der Waals surface area contributed by atoms with Gasteiger partial charge in [0.15, 0.2) is 16.3 Å². The van der Waals surface area contributed by atoms with Crippen molar-refractivity contribution in [1.82, 2.24) is 4.57 Å². The number of amides is 1. The molecule has 0 bridgehead atoms. The predicted molar refractivity (Wildman–Crippen MR) is 113 cm³/mol. The van der Waals surface area contributed by atoms with Crippen molar-refractivity contribution in [2.24, 2.45) is 4.99 Å². The Hall–Kier alpha value is -3.13. The third kappa shape index (κ3) is 3.95. The van der Waals surface area contributed by atoms with Gasteiger partial charge in [-0.25, -0.2) is 0 Å². The second-order valence-corrected chi connectivity index (χ2v) is 8.00. The summed E-state index contributed by atoms with van der Waals surface area (Å²) in [5, 5.41) is 0. The van der Waals surface area contributed by atoms with Gasteiger partial charge < -0.3 is 18.8 Å². The number of para-hydroxylation sites is 2. The van der Waals surface area contributed by atoms with Crippen LogP contribution in [-0.2, 0) is 20.9 Å². The molecule has 0 saturated heterocycles. The van der Waals surface area contributed by atoms with E-state index >= 15 is 0 Å². The van der Waals surface area contributed by atoms with Gasteiger partial charge in [0.25, 0.3) is 5.91 Å². The lowest BCUT2D eigenvalue weighted by atomic mass is 10.1. The Morgan fingerprint density at radius 2 is 1.93 bits per heavy atom. The molecule has 8 heteroatoms. The highest BCUT2D eigenvalue weighted by atomic mass is 32.1. The lowest BCUT2D eigenvalue weighted by Crippen LogP contribution is -2.37. The highest BCUT2D eigenvalue weighted by molar-refractivity contribution is 7.16. The van der Waals surface area contributed by atoms with Crippen LogP contribution in [0.25, 0.3) is 10.2 Å². The van der Waals surface area contributed by atoms with E-state index in [1.54, 1.807) is 23.6 Å². The molecule has 2 heterocycles. The average molecular weight is 426 g/mol. The van der Waals surface area contributed by atoms with E-state index in [2.05, 4.69) is 4.99 Å². The molecular weight excluding hydrogens is 404 g/mol. The molecule has 2 aromatic carbocycles. The molecule has 0 saturated carbocycles. The number of ether oxygens (including phenoxy) is 3. The maximum absolute atomic E-state index is 12.9. The van der Waals surface area contributed by atoms with Crippen molar-refractivity contribution < 1.29 is 23.8 Å². The Labute approximate surface area is 177 Å². The summed E-state index contributed by atoms with van der Waals surface area (Å²) in [6, 6.07) is 11.2. The third-order valence-corrected chi connectivity index (χ3v) is 5.92. The van der Waals surface area contributed by atoms with Crippen LogP contribution in [0.2, 0.25) is 0 Å². The summed E-state index contributed by atoms with van der Waals surface area (Å²) in [6.07, 6.45) is -0.843. The molecule has 3 aromatic rings. The van der Waals surface area contributed by atoms with Crippen LogP contribution in [0.1, 0.15) is 18.1 Å². The van der Waals surface area contributed by atoms with Crippen LogP contribution in [0.15, 0.2) is 41.4 Å². The van der Waals surface area contributed by atoms with Crippen molar-refractivity contribution in [3.05, 3.63) is 52.3 Å². The fourth-order valence-corrected chi connectivity index (χ4v) is 4.32. The van der Waals surface area contributed by atoms with Crippen LogP contribution < -0.4 is 14.3 Å². The number of hydrogen-bond donors (Lipinski definition) is 0. The molecule has 0 fully saturated rings. The van der Waals surface area contributed by atoms with E-state index in [1.165, 1.54) is 11.3 Å². The lowest BCUT2D eigenvalue weighted by molar-refractivity contribution is -0.143. The molecule has 1 aliphatic heterocycles. The largest absolute Gasteiger partial charge is 0.485 e. The van der Waals surface area contributed by atoms with Gasteiger partial charge in [-0.2, -0.15) is 4.99 Å². The van der Waals surface area contributed by atoms with Crippen LogP contribution in [0.4, 0.5) is 0 Å². The maximum Gasteiger partial charge on any atom is 0.326 e. The van der Waals surface area contributed by atoms with Crippen molar-refractivity contribution in [3.63, 3.8) is 0 Å². The molecule has 1 atom stereocenters. The quantitative estimate of drug-likeness (QED) is 0.599. The maximum atomic E-state index is 12.9. The highest BCUT2D eigenvalue weighted by Gasteiger charge is 2.27. The molecule has 0 N–H and O–H groups in total. The van der Waals surface area contributed by atoms with E-state index in [0.717, 1.165) is 21.3 Å². The summed E-state index contributed by atoms with van der Waals surface area (Å²) in [5.74, 6) is 0.281. The molecule has 156 valence electrons. The summed E-state index contributed by atoms with van der Waals surface area (Å²) < 4.78 is 19.2. The van der Waals surface area contributed by atoms with E-state index < -0.39 is 12.0 Å². The van der Waals surface area contributed by atoms with Crippen LogP contribution in [-0.4, -0.2) is 35.8 Å². The molecule has 0 aliphatic carbocycles. The number of carbonyl (C=O) groups excluding carboxylic acids is 2. The predicted octanol–water partition coefficient (Wildman–Crippen LogP) is 3.15. The van der Waals surface area contributed by atoms with Crippen molar-refractivity contribution >= 4 is 33.4 Å². The first kappa shape index (κ1) is 20.2. The Bertz CT molecular complexity index is 1190. The van der Waals surface area contributed by atoms with E-state index in [4.69, 9.17) is 14.2 Å². The van der Waals surface area contributed by atoms with E-state index in [1.807, 2.05) is 38.1 Å². The number of aryl methyl sites for hydroxylation is 2. The fourth-order valence-electron chi connectivity index (χ4n) is 3.20. The van der Waals surface area contributed by atoms with Crippen LogP contribution in [0, 0.1) is 13.8 Å². The number of fused-ring (bicyclic) bond motifs is 2. The summed E-state index contributed by atoms with van der Waals surface area (Å²) in [4.78, 5) is 29.8. The third-order valence-electron chi connectivity index (χ3n) is 4.88. The minimum atomic E-state index is -0.843. The summed E-state index contributed by atoms with van der Waals surface area (Å²) in [7, 11) is 0. The molecule has 4 rings (SSSR count).